The van der Waals surface area contributed by atoms with Gasteiger partial charge in [-0.3, -0.25) is 4.79 Å². The normalized spacial score (nSPS) is 12.8. The van der Waals surface area contributed by atoms with Crippen molar-refractivity contribution < 1.29 is 47.3 Å². The minimum absolute atomic E-state index is 0. The van der Waals surface area contributed by atoms with Crippen molar-refractivity contribution in [2.24, 2.45) is 5.41 Å². The van der Waals surface area contributed by atoms with E-state index < -0.39 is 26.8 Å². The molecular weight excluding hydrogens is 253 g/mol. The molecule has 0 aliphatic rings. The maximum atomic E-state index is 11.8. The van der Waals surface area contributed by atoms with Crippen LogP contribution >= 0.6 is 0 Å². The van der Waals surface area contributed by atoms with Gasteiger partial charge in [0, 0.05) is 11.0 Å². The van der Waals surface area contributed by atoms with Crippen LogP contribution in [0, 0.1) is 5.41 Å². The summed E-state index contributed by atoms with van der Waals surface area (Å²) in [5.74, 6) is -0.852. The fraction of sp³-hybridized carbons (Fsp3) is 0.900. The van der Waals surface area contributed by atoms with Crippen LogP contribution in [0.3, 0.4) is 0 Å². The monoisotopic (exact) mass is 273 g/mol. The Morgan fingerprint density at radius 1 is 1.24 bits per heavy atom. The second kappa shape index (κ2) is 6.52. The Kier molecular flexibility index (Phi) is 7.56. The van der Waals surface area contributed by atoms with Crippen LogP contribution in [0.5, 0.6) is 0 Å². The first-order valence-corrected chi connectivity index (χ1v) is 6.73. The van der Waals surface area contributed by atoms with E-state index in [2.05, 4.69) is 5.32 Å². The summed E-state index contributed by atoms with van der Waals surface area (Å²) >= 11 is 0. The van der Waals surface area contributed by atoms with Gasteiger partial charge in [0.05, 0.1) is 15.9 Å². The molecule has 0 radical (unpaired) electrons. The average molecular weight is 273 g/mol. The van der Waals surface area contributed by atoms with Crippen LogP contribution in [0.4, 0.5) is 0 Å². The number of carbonyl (C=O) groups is 1. The molecule has 0 aromatic carbocycles. The summed E-state index contributed by atoms with van der Waals surface area (Å²) in [5.41, 5.74) is -1.60. The quantitative estimate of drug-likeness (QED) is 0.458. The van der Waals surface area contributed by atoms with Gasteiger partial charge in [0.15, 0.2) is 0 Å². The van der Waals surface area contributed by atoms with Gasteiger partial charge in [-0.05, 0) is 20.3 Å². The summed E-state index contributed by atoms with van der Waals surface area (Å²) < 4.78 is 31.9. The van der Waals surface area contributed by atoms with Crippen LogP contribution in [0.1, 0.15) is 41.0 Å². The van der Waals surface area contributed by atoms with Gasteiger partial charge in [0.25, 0.3) is 0 Å². The molecule has 96 valence electrons. The van der Waals surface area contributed by atoms with Crippen LogP contribution in [-0.2, 0) is 14.9 Å². The Balaban J connectivity index is 0. The van der Waals surface area contributed by atoms with Crippen LogP contribution in [0.25, 0.3) is 0 Å². The van der Waals surface area contributed by atoms with Gasteiger partial charge in [-0.2, -0.15) is 0 Å². The number of amides is 1. The van der Waals surface area contributed by atoms with E-state index in [0.29, 0.717) is 6.42 Å². The standard InChI is InChI=1S/C10H21NO4S.Na/c1-6-9(2,3)8(12)11-10(4,5)7-16(13,14)15;/h6-7H2,1-5H3,(H,11,12)(H,13,14,15);/q;+1/p-1. The van der Waals surface area contributed by atoms with E-state index in [1.165, 1.54) is 13.8 Å². The van der Waals surface area contributed by atoms with Crippen LogP contribution in [0.15, 0.2) is 0 Å². The number of rotatable bonds is 5. The Hall–Kier alpha value is 0.380. The van der Waals surface area contributed by atoms with Crippen molar-refractivity contribution >= 4 is 16.0 Å². The van der Waals surface area contributed by atoms with E-state index in [9.17, 15) is 17.8 Å². The molecule has 17 heavy (non-hydrogen) atoms. The van der Waals surface area contributed by atoms with E-state index in [4.69, 9.17) is 0 Å². The second-order valence-corrected chi connectivity index (χ2v) is 6.68. The summed E-state index contributed by atoms with van der Waals surface area (Å²) in [4.78, 5) is 11.8. The number of nitrogens with one attached hydrogen (secondary N) is 1. The van der Waals surface area contributed by atoms with Gasteiger partial charge in [-0.15, -0.1) is 0 Å². The van der Waals surface area contributed by atoms with E-state index in [0.717, 1.165) is 0 Å². The SMILES string of the molecule is CCC(C)(C)C(=O)NC(C)(C)CS(=O)(=O)[O-].[Na+]. The summed E-state index contributed by atoms with van der Waals surface area (Å²) in [6.45, 7) is 8.45. The third kappa shape index (κ3) is 8.15. The molecule has 0 spiro atoms. The Bertz CT molecular complexity index is 363. The fourth-order valence-corrected chi connectivity index (χ4v) is 2.07. The summed E-state index contributed by atoms with van der Waals surface area (Å²) in [7, 11) is -4.34. The molecule has 0 fully saturated rings. The molecule has 0 rings (SSSR count). The predicted molar refractivity (Wildman–Crippen MR) is 60.9 cm³/mol. The smallest absolute Gasteiger partial charge is 0.748 e. The van der Waals surface area contributed by atoms with Crippen molar-refractivity contribution in [3.05, 3.63) is 0 Å². The molecule has 1 amide bonds. The number of hydrogen-bond donors (Lipinski definition) is 1. The van der Waals surface area contributed by atoms with E-state index >= 15 is 0 Å². The first kappa shape index (κ1) is 19.7. The van der Waals surface area contributed by atoms with Gasteiger partial charge in [0.1, 0.15) is 0 Å². The van der Waals surface area contributed by atoms with Crippen molar-refractivity contribution in [3.63, 3.8) is 0 Å². The molecule has 1 N–H and O–H groups in total. The molecule has 5 nitrogen and oxygen atoms in total. The maximum Gasteiger partial charge on any atom is 1.00 e. The Morgan fingerprint density at radius 3 is 1.94 bits per heavy atom. The molecule has 0 aromatic rings. The zero-order valence-electron chi connectivity index (χ0n) is 11.5. The first-order chi connectivity index (χ1) is 6.90. The molecule has 0 aliphatic carbocycles. The molecule has 0 unspecified atom stereocenters. The van der Waals surface area contributed by atoms with Gasteiger partial charge < -0.3 is 9.87 Å². The van der Waals surface area contributed by atoms with Gasteiger partial charge >= 0.3 is 29.6 Å². The van der Waals surface area contributed by atoms with Crippen molar-refractivity contribution in [2.75, 3.05) is 5.75 Å². The Labute approximate surface area is 126 Å². The third-order valence-corrected chi connectivity index (χ3v) is 3.56. The largest absolute Gasteiger partial charge is 1.00 e. The molecular formula is C10H20NNaO4S. The van der Waals surface area contributed by atoms with Crippen LogP contribution < -0.4 is 34.9 Å². The van der Waals surface area contributed by atoms with Crippen molar-refractivity contribution in [1.82, 2.24) is 5.32 Å². The van der Waals surface area contributed by atoms with E-state index in [1.54, 1.807) is 13.8 Å². The predicted octanol–water partition coefficient (Wildman–Crippen LogP) is -2.13. The average Bonchev–Trinajstić information content (AvgIpc) is 1.98. The molecule has 0 heterocycles. The van der Waals surface area contributed by atoms with Crippen molar-refractivity contribution in [2.45, 2.75) is 46.6 Å². The minimum Gasteiger partial charge on any atom is -0.748 e. The van der Waals surface area contributed by atoms with Gasteiger partial charge in [0.2, 0.25) is 5.91 Å². The summed E-state index contributed by atoms with van der Waals surface area (Å²) in [6.07, 6.45) is 0.638. The molecule has 0 saturated heterocycles. The van der Waals surface area contributed by atoms with Crippen LogP contribution in [-0.4, -0.2) is 30.2 Å². The minimum atomic E-state index is -4.34. The van der Waals surface area contributed by atoms with Crippen molar-refractivity contribution in [1.29, 1.82) is 0 Å². The zero-order valence-corrected chi connectivity index (χ0v) is 14.3. The molecule has 0 aliphatic heterocycles. The van der Waals surface area contributed by atoms with Gasteiger partial charge in [-0.1, -0.05) is 20.8 Å². The Morgan fingerprint density at radius 2 is 1.65 bits per heavy atom. The van der Waals surface area contributed by atoms with E-state index in [1.807, 2.05) is 6.92 Å². The summed E-state index contributed by atoms with van der Waals surface area (Å²) in [5, 5.41) is 2.59. The topological polar surface area (TPSA) is 86.3 Å². The molecule has 7 heteroatoms. The van der Waals surface area contributed by atoms with Crippen molar-refractivity contribution in [3.8, 4) is 0 Å². The molecule has 0 atom stereocenters. The second-order valence-electron chi connectivity index (χ2n) is 5.28. The first-order valence-electron chi connectivity index (χ1n) is 5.16. The fourth-order valence-electron chi connectivity index (χ4n) is 1.12. The van der Waals surface area contributed by atoms with Crippen LogP contribution in [0.2, 0.25) is 0 Å². The molecule has 0 saturated carbocycles. The maximum absolute atomic E-state index is 11.8. The molecule has 0 aromatic heterocycles. The zero-order chi connectivity index (χ0) is 13.2. The molecule has 0 bridgehead atoms. The summed E-state index contributed by atoms with van der Waals surface area (Å²) in [6, 6.07) is 0. The van der Waals surface area contributed by atoms with E-state index in [-0.39, 0.29) is 35.5 Å². The number of hydrogen-bond acceptors (Lipinski definition) is 4. The third-order valence-electron chi connectivity index (χ3n) is 2.49. The van der Waals surface area contributed by atoms with Gasteiger partial charge in [-0.25, -0.2) is 8.42 Å². The number of carbonyl (C=O) groups excluding carboxylic acids is 1.